The van der Waals surface area contributed by atoms with Gasteiger partial charge in [-0.2, -0.15) is 0 Å². The number of aliphatic hydroxyl groups is 1. The number of rotatable bonds is 4. The van der Waals surface area contributed by atoms with Crippen molar-refractivity contribution in [3.63, 3.8) is 0 Å². The highest BCUT2D eigenvalue weighted by Crippen LogP contribution is 2.10. The van der Waals surface area contributed by atoms with E-state index in [0.29, 0.717) is 5.56 Å². The molecule has 0 saturated carbocycles. The molecule has 1 N–H and O–H groups in total. The number of hydrogen-bond acceptors (Lipinski definition) is 2. The van der Waals surface area contributed by atoms with E-state index in [2.05, 4.69) is 0 Å². The summed E-state index contributed by atoms with van der Waals surface area (Å²) < 4.78 is 0. The van der Waals surface area contributed by atoms with Crippen molar-refractivity contribution in [1.82, 2.24) is 0 Å². The second-order valence-corrected chi connectivity index (χ2v) is 4.04. The molecule has 0 fully saturated rings. The van der Waals surface area contributed by atoms with Crippen molar-refractivity contribution in [3.05, 3.63) is 83.9 Å². The van der Waals surface area contributed by atoms with Gasteiger partial charge in [-0.1, -0.05) is 66.7 Å². The maximum atomic E-state index is 11.7. The predicted molar refractivity (Wildman–Crippen MR) is 77.5 cm³/mol. The van der Waals surface area contributed by atoms with E-state index in [1.807, 2.05) is 48.5 Å². The Balaban J connectivity index is 2.07. The molecular formula is C17H14O2. The average molecular weight is 250 g/mol. The van der Waals surface area contributed by atoms with Crippen molar-refractivity contribution >= 4 is 17.6 Å². The molecule has 2 heteroatoms. The molecule has 0 unspecified atom stereocenters. The Morgan fingerprint density at radius 3 is 2.11 bits per heavy atom. The largest absolute Gasteiger partial charge is 0.507 e. The smallest absolute Gasteiger partial charge is 0.182 e. The molecule has 0 amide bonds. The zero-order valence-corrected chi connectivity index (χ0v) is 10.4. The molecule has 0 aliphatic heterocycles. The van der Waals surface area contributed by atoms with Gasteiger partial charge in [-0.3, -0.25) is 4.79 Å². The van der Waals surface area contributed by atoms with E-state index in [-0.39, 0.29) is 11.5 Å². The lowest BCUT2D eigenvalue weighted by atomic mass is 10.1. The van der Waals surface area contributed by atoms with Gasteiger partial charge in [-0.05, 0) is 11.6 Å². The van der Waals surface area contributed by atoms with Crippen LogP contribution in [0.5, 0.6) is 0 Å². The predicted octanol–water partition coefficient (Wildman–Crippen LogP) is 3.87. The minimum atomic E-state index is -0.245. The van der Waals surface area contributed by atoms with E-state index < -0.39 is 0 Å². The first-order valence-electron chi connectivity index (χ1n) is 5.99. The lowest BCUT2D eigenvalue weighted by Gasteiger charge is -1.97. The summed E-state index contributed by atoms with van der Waals surface area (Å²) in [6.07, 6.45) is 4.38. The quantitative estimate of drug-likeness (QED) is 0.660. The molecule has 0 aromatic heterocycles. The summed E-state index contributed by atoms with van der Waals surface area (Å²) in [6.45, 7) is 0. The van der Waals surface area contributed by atoms with Crippen LogP contribution >= 0.6 is 0 Å². The number of carbonyl (C=O) groups excluding carboxylic acids is 1. The number of aliphatic hydroxyl groups excluding tert-OH is 1. The molecule has 0 radical (unpaired) electrons. The third kappa shape index (κ3) is 3.96. The van der Waals surface area contributed by atoms with E-state index in [9.17, 15) is 9.90 Å². The highest BCUT2D eigenvalue weighted by molar-refractivity contribution is 6.05. The summed E-state index contributed by atoms with van der Waals surface area (Å²) in [6, 6.07) is 18.5. The maximum Gasteiger partial charge on any atom is 0.182 e. The van der Waals surface area contributed by atoms with Gasteiger partial charge in [-0.25, -0.2) is 0 Å². The summed E-state index contributed by atoms with van der Waals surface area (Å²) in [7, 11) is 0. The van der Waals surface area contributed by atoms with Crippen LogP contribution in [-0.2, 0) is 4.79 Å². The third-order valence-electron chi connectivity index (χ3n) is 2.59. The molecule has 0 bridgehead atoms. The van der Waals surface area contributed by atoms with E-state index in [0.717, 1.165) is 5.56 Å². The van der Waals surface area contributed by atoms with Crippen molar-refractivity contribution in [2.75, 3.05) is 0 Å². The van der Waals surface area contributed by atoms with Gasteiger partial charge in [-0.15, -0.1) is 0 Å². The highest BCUT2D eigenvalue weighted by atomic mass is 16.3. The number of allylic oxidation sites excluding steroid dienone is 2. The third-order valence-corrected chi connectivity index (χ3v) is 2.59. The van der Waals surface area contributed by atoms with Crippen LogP contribution in [0.1, 0.15) is 11.1 Å². The Bertz CT molecular complexity index is 596. The van der Waals surface area contributed by atoms with E-state index in [1.54, 1.807) is 18.2 Å². The lowest BCUT2D eigenvalue weighted by Crippen LogP contribution is -1.90. The molecule has 2 aromatic carbocycles. The molecule has 0 atom stereocenters. The summed E-state index contributed by atoms with van der Waals surface area (Å²) in [5, 5.41) is 9.79. The molecular weight excluding hydrogens is 236 g/mol. The fourth-order valence-electron chi connectivity index (χ4n) is 1.62. The van der Waals surface area contributed by atoms with Gasteiger partial charge in [0.15, 0.2) is 5.78 Å². The number of benzene rings is 2. The Labute approximate surface area is 112 Å². The van der Waals surface area contributed by atoms with E-state index in [4.69, 9.17) is 0 Å². The van der Waals surface area contributed by atoms with Gasteiger partial charge in [0.2, 0.25) is 0 Å². The fraction of sp³-hybridized carbons (Fsp3) is 0. The van der Waals surface area contributed by atoms with Crippen LogP contribution in [0.3, 0.4) is 0 Å². The summed E-state index contributed by atoms with van der Waals surface area (Å²) >= 11 is 0. The monoisotopic (exact) mass is 250 g/mol. The van der Waals surface area contributed by atoms with Crippen LogP contribution in [0.4, 0.5) is 0 Å². The van der Waals surface area contributed by atoms with Crippen LogP contribution in [0.15, 0.2) is 72.8 Å². The second-order valence-electron chi connectivity index (χ2n) is 4.04. The normalized spacial score (nSPS) is 11.7. The van der Waals surface area contributed by atoms with Gasteiger partial charge in [0, 0.05) is 11.6 Å². The molecule has 19 heavy (non-hydrogen) atoms. The number of ketones is 1. The fourth-order valence-corrected chi connectivity index (χ4v) is 1.62. The molecule has 94 valence electrons. The minimum Gasteiger partial charge on any atom is -0.507 e. The minimum absolute atomic E-state index is 0.0247. The lowest BCUT2D eigenvalue weighted by molar-refractivity contribution is -0.110. The number of hydrogen-bond donors (Lipinski definition) is 1. The van der Waals surface area contributed by atoms with Crippen molar-refractivity contribution < 1.29 is 9.90 Å². The SMILES string of the molecule is O=C(/C=C/c1ccccc1)/C=C(/O)c1ccccc1. The van der Waals surface area contributed by atoms with Crippen LogP contribution in [0.2, 0.25) is 0 Å². The first-order chi connectivity index (χ1) is 9.25. The van der Waals surface area contributed by atoms with Gasteiger partial charge in [0.25, 0.3) is 0 Å². The van der Waals surface area contributed by atoms with Crippen LogP contribution in [0, 0.1) is 0 Å². The van der Waals surface area contributed by atoms with Crippen molar-refractivity contribution in [2.24, 2.45) is 0 Å². The zero-order chi connectivity index (χ0) is 13.5. The Hall–Kier alpha value is -2.61. The van der Waals surface area contributed by atoms with Gasteiger partial charge in [0.1, 0.15) is 5.76 Å². The molecule has 2 rings (SSSR count). The molecule has 0 aliphatic rings. The molecule has 0 saturated heterocycles. The first-order valence-corrected chi connectivity index (χ1v) is 5.99. The van der Waals surface area contributed by atoms with Gasteiger partial charge < -0.3 is 5.11 Å². The average Bonchev–Trinajstić information content (AvgIpc) is 2.47. The van der Waals surface area contributed by atoms with Crippen LogP contribution < -0.4 is 0 Å². The topological polar surface area (TPSA) is 37.3 Å². The highest BCUT2D eigenvalue weighted by Gasteiger charge is 1.99. The molecule has 0 heterocycles. The molecule has 0 aliphatic carbocycles. The molecule has 2 aromatic rings. The number of carbonyl (C=O) groups is 1. The zero-order valence-electron chi connectivity index (χ0n) is 10.4. The molecule has 0 spiro atoms. The summed E-state index contributed by atoms with van der Waals surface area (Å²) in [4.78, 5) is 11.7. The standard InChI is InChI=1S/C17H14O2/c18-16(12-11-14-7-3-1-4-8-14)13-17(19)15-9-5-2-6-10-15/h1-13,19H/b12-11+,17-13+. The Kier molecular flexibility index (Phi) is 4.29. The maximum absolute atomic E-state index is 11.7. The van der Waals surface area contributed by atoms with Crippen molar-refractivity contribution in [1.29, 1.82) is 0 Å². The Morgan fingerprint density at radius 2 is 1.47 bits per heavy atom. The van der Waals surface area contributed by atoms with E-state index >= 15 is 0 Å². The first kappa shape index (κ1) is 12.8. The van der Waals surface area contributed by atoms with Crippen LogP contribution in [0.25, 0.3) is 11.8 Å². The second kappa shape index (κ2) is 6.36. The van der Waals surface area contributed by atoms with Gasteiger partial charge >= 0.3 is 0 Å². The van der Waals surface area contributed by atoms with Crippen molar-refractivity contribution in [3.8, 4) is 0 Å². The Morgan fingerprint density at radius 1 is 0.895 bits per heavy atom. The summed E-state index contributed by atoms with van der Waals surface area (Å²) in [5.74, 6) is -0.270. The summed E-state index contributed by atoms with van der Waals surface area (Å²) in [5.41, 5.74) is 1.58. The van der Waals surface area contributed by atoms with Gasteiger partial charge in [0.05, 0.1) is 0 Å². The van der Waals surface area contributed by atoms with Crippen LogP contribution in [-0.4, -0.2) is 10.9 Å². The van der Waals surface area contributed by atoms with Crippen molar-refractivity contribution in [2.45, 2.75) is 0 Å². The molecule has 2 nitrogen and oxygen atoms in total. The van der Waals surface area contributed by atoms with E-state index in [1.165, 1.54) is 12.2 Å².